The van der Waals surface area contributed by atoms with Crippen molar-refractivity contribution in [2.45, 2.75) is 39.7 Å². The van der Waals surface area contributed by atoms with Crippen LogP contribution in [0, 0.1) is 5.92 Å². The number of aromatic nitrogens is 2. The molecule has 1 aliphatic rings. The Balaban J connectivity index is 1.58. The Kier molecular flexibility index (Phi) is 5.59. The molecule has 0 bridgehead atoms. The number of carbonyl (C=O) groups excluding carboxylic acids is 3. The molecule has 1 aromatic heterocycles. The summed E-state index contributed by atoms with van der Waals surface area (Å²) in [6.45, 7) is 6.42. The molecule has 0 saturated heterocycles. The molecule has 3 amide bonds. The number of imidazole rings is 1. The lowest BCUT2D eigenvalue weighted by molar-refractivity contribution is 0.0652. The van der Waals surface area contributed by atoms with Crippen LogP contribution in [0.5, 0.6) is 0 Å². The van der Waals surface area contributed by atoms with Crippen LogP contribution >= 0.6 is 0 Å². The van der Waals surface area contributed by atoms with Gasteiger partial charge in [0, 0.05) is 12.1 Å². The third-order valence-electron chi connectivity index (χ3n) is 5.62. The second-order valence-electron chi connectivity index (χ2n) is 8.21. The lowest BCUT2D eigenvalue weighted by atomic mass is 10.0. The molecule has 0 saturated carbocycles. The summed E-state index contributed by atoms with van der Waals surface area (Å²) >= 11 is 0. The molecular weight excluding hydrogens is 392 g/mol. The number of benzene rings is 2. The van der Waals surface area contributed by atoms with Crippen LogP contribution in [0.1, 0.15) is 76.6 Å². The van der Waals surface area contributed by atoms with Crippen molar-refractivity contribution in [3.63, 3.8) is 0 Å². The Morgan fingerprint density at radius 1 is 1.10 bits per heavy atom. The van der Waals surface area contributed by atoms with Gasteiger partial charge in [0.1, 0.15) is 5.82 Å². The summed E-state index contributed by atoms with van der Waals surface area (Å²) in [4.78, 5) is 47.4. The number of fused-ring (bicyclic) bond motifs is 2. The molecule has 7 heteroatoms. The zero-order valence-corrected chi connectivity index (χ0v) is 17.9. The van der Waals surface area contributed by atoms with E-state index in [0.717, 1.165) is 23.9 Å². The highest BCUT2D eigenvalue weighted by Crippen LogP contribution is 2.26. The first-order chi connectivity index (χ1) is 14.9. The normalized spacial score (nSPS) is 14.4. The van der Waals surface area contributed by atoms with Gasteiger partial charge in [0.15, 0.2) is 0 Å². The van der Waals surface area contributed by atoms with Crippen molar-refractivity contribution in [1.82, 2.24) is 20.2 Å². The molecule has 3 aromatic rings. The first-order valence-corrected chi connectivity index (χ1v) is 10.7. The van der Waals surface area contributed by atoms with Gasteiger partial charge in [0.25, 0.3) is 17.7 Å². The molecular formula is C24H26N4O3. The van der Waals surface area contributed by atoms with E-state index in [-0.39, 0.29) is 29.7 Å². The maximum Gasteiger partial charge on any atom is 0.261 e. The van der Waals surface area contributed by atoms with Gasteiger partial charge in [-0.25, -0.2) is 4.98 Å². The summed E-state index contributed by atoms with van der Waals surface area (Å²) in [5.74, 6) is -0.160. The summed E-state index contributed by atoms with van der Waals surface area (Å²) in [7, 11) is 0. The van der Waals surface area contributed by atoms with E-state index >= 15 is 0 Å². The lowest BCUT2D eigenvalue weighted by Crippen LogP contribution is -2.32. The van der Waals surface area contributed by atoms with E-state index in [0.29, 0.717) is 29.1 Å². The van der Waals surface area contributed by atoms with Gasteiger partial charge in [0.05, 0.1) is 28.2 Å². The van der Waals surface area contributed by atoms with Crippen LogP contribution in [0.25, 0.3) is 11.0 Å². The summed E-state index contributed by atoms with van der Waals surface area (Å²) in [5.41, 5.74) is 2.74. The Morgan fingerprint density at radius 3 is 2.55 bits per heavy atom. The van der Waals surface area contributed by atoms with Crippen LogP contribution < -0.4 is 5.32 Å². The van der Waals surface area contributed by atoms with Crippen LogP contribution in [-0.4, -0.2) is 39.1 Å². The Hall–Kier alpha value is -3.48. The third-order valence-corrected chi connectivity index (χ3v) is 5.62. The molecule has 7 nitrogen and oxygen atoms in total. The summed E-state index contributed by atoms with van der Waals surface area (Å²) < 4.78 is 0. The SMILES string of the molecule is CCCCN1C(=O)c2ccc(C(=O)N[C@H](c3nc4ccccc4[nH]3)C(C)C)cc2C1=O. The van der Waals surface area contributed by atoms with E-state index in [2.05, 4.69) is 15.3 Å². The molecule has 2 N–H and O–H groups in total. The zero-order chi connectivity index (χ0) is 22.1. The van der Waals surface area contributed by atoms with Gasteiger partial charge in [-0.1, -0.05) is 39.3 Å². The van der Waals surface area contributed by atoms with E-state index in [1.165, 1.54) is 11.0 Å². The number of nitrogens with zero attached hydrogens (tertiary/aromatic N) is 2. The van der Waals surface area contributed by atoms with E-state index in [1.807, 2.05) is 45.0 Å². The first kappa shape index (κ1) is 20.8. The van der Waals surface area contributed by atoms with Gasteiger partial charge in [-0.3, -0.25) is 19.3 Å². The molecule has 0 aliphatic carbocycles. The minimum absolute atomic E-state index is 0.0895. The van der Waals surface area contributed by atoms with Gasteiger partial charge in [-0.05, 0) is 42.7 Å². The van der Waals surface area contributed by atoms with Crippen molar-refractivity contribution in [1.29, 1.82) is 0 Å². The molecule has 31 heavy (non-hydrogen) atoms. The highest BCUT2D eigenvalue weighted by molar-refractivity contribution is 6.22. The van der Waals surface area contributed by atoms with Gasteiger partial charge in [-0.15, -0.1) is 0 Å². The van der Waals surface area contributed by atoms with Gasteiger partial charge in [0.2, 0.25) is 0 Å². The van der Waals surface area contributed by atoms with Crippen molar-refractivity contribution in [2.24, 2.45) is 5.92 Å². The molecule has 1 aliphatic heterocycles. The van der Waals surface area contributed by atoms with Crippen LogP contribution in [0.4, 0.5) is 0 Å². The van der Waals surface area contributed by atoms with E-state index in [4.69, 9.17) is 0 Å². The molecule has 0 fully saturated rings. The van der Waals surface area contributed by atoms with Crippen molar-refractivity contribution in [3.05, 3.63) is 65.0 Å². The Labute approximate surface area is 180 Å². The maximum atomic E-state index is 13.0. The largest absolute Gasteiger partial charge is 0.342 e. The van der Waals surface area contributed by atoms with E-state index in [1.54, 1.807) is 12.1 Å². The van der Waals surface area contributed by atoms with Crippen LogP contribution in [0.2, 0.25) is 0 Å². The smallest absolute Gasteiger partial charge is 0.261 e. The number of unbranched alkanes of at least 4 members (excludes halogenated alkanes) is 1. The minimum atomic E-state index is -0.333. The molecule has 0 spiro atoms. The average molecular weight is 418 g/mol. The number of amides is 3. The fraction of sp³-hybridized carbons (Fsp3) is 0.333. The summed E-state index contributed by atoms with van der Waals surface area (Å²) in [6, 6.07) is 12.1. The Bertz CT molecular complexity index is 1130. The topological polar surface area (TPSA) is 95.2 Å². The molecule has 0 radical (unpaired) electrons. The van der Waals surface area contributed by atoms with Gasteiger partial charge in [-0.2, -0.15) is 0 Å². The molecule has 4 rings (SSSR count). The summed E-state index contributed by atoms with van der Waals surface area (Å²) in [6.07, 6.45) is 1.64. The molecule has 2 heterocycles. The highest BCUT2D eigenvalue weighted by atomic mass is 16.2. The lowest BCUT2D eigenvalue weighted by Gasteiger charge is -2.20. The maximum absolute atomic E-state index is 13.0. The van der Waals surface area contributed by atoms with Gasteiger partial charge >= 0.3 is 0 Å². The highest BCUT2D eigenvalue weighted by Gasteiger charge is 2.35. The molecule has 1 atom stereocenters. The third kappa shape index (κ3) is 3.83. The minimum Gasteiger partial charge on any atom is -0.342 e. The predicted octanol–water partition coefficient (Wildman–Crippen LogP) is 4.09. The predicted molar refractivity (Wildman–Crippen MR) is 118 cm³/mol. The van der Waals surface area contributed by atoms with Crippen molar-refractivity contribution < 1.29 is 14.4 Å². The number of rotatable bonds is 7. The van der Waals surface area contributed by atoms with Crippen molar-refractivity contribution >= 4 is 28.8 Å². The van der Waals surface area contributed by atoms with E-state index < -0.39 is 0 Å². The average Bonchev–Trinajstić information content (AvgIpc) is 3.29. The Morgan fingerprint density at radius 2 is 1.84 bits per heavy atom. The number of nitrogens with one attached hydrogen (secondary N) is 2. The number of imide groups is 1. The number of hydrogen-bond donors (Lipinski definition) is 2. The van der Waals surface area contributed by atoms with Crippen LogP contribution in [0.3, 0.4) is 0 Å². The first-order valence-electron chi connectivity index (χ1n) is 10.7. The second-order valence-corrected chi connectivity index (χ2v) is 8.21. The van der Waals surface area contributed by atoms with Crippen molar-refractivity contribution in [2.75, 3.05) is 6.54 Å². The molecule has 2 aromatic carbocycles. The van der Waals surface area contributed by atoms with Gasteiger partial charge < -0.3 is 10.3 Å². The standard InChI is InChI=1S/C24H26N4O3/c1-4-5-12-28-23(30)16-11-10-15(13-17(16)24(28)31)22(29)27-20(14(2)3)21-25-18-8-6-7-9-19(18)26-21/h6-11,13-14,20H,4-5,12H2,1-3H3,(H,25,26)(H,27,29)/t20-/m0/s1. The second kappa shape index (κ2) is 8.34. The summed E-state index contributed by atoms with van der Waals surface area (Å²) in [5, 5.41) is 3.03. The molecule has 0 unspecified atom stereocenters. The number of aromatic amines is 1. The number of carbonyl (C=O) groups is 3. The monoisotopic (exact) mass is 418 g/mol. The van der Waals surface area contributed by atoms with Crippen molar-refractivity contribution in [3.8, 4) is 0 Å². The van der Waals surface area contributed by atoms with E-state index in [9.17, 15) is 14.4 Å². The van der Waals surface area contributed by atoms with Crippen LogP contribution in [0.15, 0.2) is 42.5 Å². The fourth-order valence-corrected chi connectivity index (χ4v) is 3.85. The number of para-hydroxylation sites is 2. The fourth-order valence-electron chi connectivity index (χ4n) is 3.85. The molecule has 160 valence electrons. The number of H-pyrrole nitrogens is 1. The zero-order valence-electron chi connectivity index (χ0n) is 17.9. The van der Waals surface area contributed by atoms with Crippen LogP contribution in [-0.2, 0) is 0 Å². The quantitative estimate of drug-likeness (QED) is 0.565. The number of hydrogen-bond acceptors (Lipinski definition) is 4.